The van der Waals surface area contributed by atoms with E-state index in [1.165, 1.54) is 99.7 Å². The summed E-state index contributed by atoms with van der Waals surface area (Å²) < 4.78 is 2.72. The third-order valence-electron chi connectivity index (χ3n) is 16.7. The molecule has 0 saturated carbocycles. The van der Waals surface area contributed by atoms with Gasteiger partial charge in [-0.05, 0) is 169 Å². The van der Waals surface area contributed by atoms with Gasteiger partial charge in [0.25, 0.3) is 6.71 Å². The summed E-state index contributed by atoms with van der Waals surface area (Å²) in [4.78, 5) is 7.81. The number of para-hydroxylation sites is 1. The Labute approximate surface area is 442 Å². The Hall–Kier alpha value is -6.04. The van der Waals surface area contributed by atoms with Crippen LogP contribution < -0.4 is 30.4 Å². The van der Waals surface area contributed by atoms with Crippen molar-refractivity contribution in [3.8, 4) is 0 Å². The van der Waals surface area contributed by atoms with E-state index in [2.05, 4.69) is 271 Å². The van der Waals surface area contributed by atoms with E-state index in [1.54, 1.807) is 0 Å². The first-order valence-corrected chi connectivity index (χ1v) is 27.7. The molecule has 7 aromatic carbocycles. The number of nitrogens with zero attached hydrogens (tertiary/aromatic N) is 3. The predicted octanol–water partition coefficient (Wildman–Crippen LogP) is 18.0. The van der Waals surface area contributed by atoms with E-state index in [-0.39, 0.29) is 39.2 Å². The number of anilines is 9. The van der Waals surface area contributed by atoms with Crippen molar-refractivity contribution in [1.29, 1.82) is 0 Å². The van der Waals surface area contributed by atoms with Crippen molar-refractivity contribution in [2.75, 3.05) is 14.7 Å². The number of thiophene rings is 1. The molecule has 0 unspecified atom stereocenters. The fraction of sp³-hybridized carbons (Fsp3) is 0.353. The largest absolute Gasteiger partial charge is 0.311 e. The molecule has 1 aromatic heterocycles. The summed E-state index contributed by atoms with van der Waals surface area (Å²) in [6, 6.07) is 57.2. The van der Waals surface area contributed by atoms with Gasteiger partial charge in [0, 0.05) is 54.7 Å². The Bertz CT molecular complexity index is 3440. The minimum absolute atomic E-state index is 0.00557. The number of hydrogen-bond acceptors (Lipinski definition) is 4. The molecule has 0 atom stereocenters. The Morgan fingerprint density at radius 1 is 0.452 bits per heavy atom. The first-order chi connectivity index (χ1) is 34.2. The second-order valence-corrected chi connectivity index (χ2v) is 28.1. The van der Waals surface area contributed by atoms with Crippen LogP contribution in [-0.4, -0.2) is 6.71 Å². The van der Waals surface area contributed by atoms with E-state index < -0.39 is 0 Å². The maximum absolute atomic E-state index is 2.66. The molecule has 0 fully saturated rings. The van der Waals surface area contributed by atoms with Gasteiger partial charge in [0.05, 0.1) is 11.4 Å². The van der Waals surface area contributed by atoms with Gasteiger partial charge in [-0.3, -0.25) is 0 Å². The van der Waals surface area contributed by atoms with Gasteiger partial charge in [-0.15, -0.1) is 11.3 Å². The lowest BCUT2D eigenvalue weighted by atomic mass is 9.36. The van der Waals surface area contributed by atoms with Crippen LogP contribution in [0.3, 0.4) is 0 Å². The van der Waals surface area contributed by atoms with Gasteiger partial charge in [0.1, 0.15) is 0 Å². The third-order valence-corrected chi connectivity index (χ3v) is 18.0. The average Bonchev–Trinajstić information content (AvgIpc) is 3.71. The van der Waals surface area contributed by atoms with Crippen LogP contribution in [0.25, 0.3) is 10.1 Å². The van der Waals surface area contributed by atoms with Crippen molar-refractivity contribution >= 4 is 95.0 Å². The van der Waals surface area contributed by atoms with Crippen LogP contribution in [0.2, 0.25) is 0 Å². The zero-order chi connectivity index (χ0) is 51.9. The molecule has 0 saturated heterocycles. The average molecular weight is 978 g/mol. The van der Waals surface area contributed by atoms with Gasteiger partial charge < -0.3 is 14.7 Å². The molecule has 5 heteroatoms. The second-order valence-electron chi connectivity index (χ2n) is 27.1. The summed E-state index contributed by atoms with van der Waals surface area (Å²) in [5.74, 6) is 0. The minimum atomic E-state index is -0.0455. The topological polar surface area (TPSA) is 9.72 Å². The van der Waals surface area contributed by atoms with E-state index in [4.69, 9.17) is 0 Å². The zero-order valence-corrected chi connectivity index (χ0v) is 47.4. The molecule has 1 aliphatic carbocycles. The monoisotopic (exact) mass is 978 g/mol. The molecule has 3 aliphatic rings. The van der Waals surface area contributed by atoms with E-state index in [0.717, 1.165) is 23.5 Å². The Balaban J connectivity index is 1.29. The molecular weight excluding hydrogens is 902 g/mol. The highest BCUT2D eigenvalue weighted by atomic mass is 32.1. The van der Waals surface area contributed by atoms with Crippen molar-refractivity contribution in [2.45, 2.75) is 156 Å². The highest BCUT2D eigenvalue weighted by Gasteiger charge is 2.47. The molecule has 3 nitrogen and oxygen atoms in total. The lowest BCUT2D eigenvalue weighted by molar-refractivity contribution is 0.332. The molecule has 0 spiro atoms. The van der Waals surface area contributed by atoms with Crippen molar-refractivity contribution in [1.82, 2.24) is 0 Å². The molecule has 2 aliphatic heterocycles. The van der Waals surface area contributed by atoms with Crippen LogP contribution in [0, 0.1) is 0 Å². The van der Waals surface area contributed by atoms with Gasteiger partial charge in [0.2, 0.25) is 0 Å². The van der Waals surface area contributed by atoms with Crippen molar-refractivity contribution in [3.63, 3.8) is 0 Å². The van der Waals surface area contributed by atoms with E-state index in [9.17, 15) is 0 Å². The molecule has 0 bridgehead atoms. The smallest absolute Gasteiger partial charge is 0.264 e. The molecule has 11 rings (SSSR count). The molecular formula is C68H76BN3S. The van der Waals surface area contributed by atoms with Crippen LogP contribution in [0.4, 0.5) is 51.2 Å². The Morgan fingerprint density at radius 3 is 1.53 bits per heavy atom. The third kappa shape index (κ3) is 8.33. The number of rotatable bonds is 5. The first kappa shape index (κ1) is 49.2. The summed E-state index contributed by atoms with van der Waals surface area (Å²) >= 11 is 1.99. The molecule has 73 heavy (non-hydrogen) atoms. The lowest BCUT2D eigenvalue weighted by Gasteiger charge is -2.45. The van der Waals surface area contributed by atoms with Crippen LogP contribution in [0.15, 0.2) is 146 Å². The summed E-state index contributed by atoms with van der Waals surface area (Å²) in [6.45, 7) is 37.8. The lowest BCUT2D eigenvalue weighted by Crippen LogP contribution is -2.60. The highest BCUT2D eigenvalue weighted by Crippen LogP contribution is 2.53. The minimum Gasteiger partial charge on any atom is -0.311 e. The normalized spacial score (nSPS) is 16.0. The van der Waals surface area contributed by atoms with Crippen molar-refractivity contribution in [3.05, 3.63) is 179 Å². The number of benzene rings is 7. The van der Waals surface area contributed by atoms with Crippen LogP contribution >= 0.6 is 11.3 Å². The van der Waals surface area contributed by atoms with E-state index >= 15 is 0 Å². The summed E-state index contributed by atoms with van der Waals surface area (Å²) in [6.07, 6.45) is 2.33. The fourth-order valence-corrected chi connectivity index (χ4v) is 13.3. The quantitative estimate of drug-likeness (QED) is 0.159. The van der Waals surface area contributed by atoms with Gasteiger partial charge in [-0.25, -0.2) is 0 Å². The summed E-state index contributed by atoms with van der Waals surface area (Å²) in [7, 11) is 0. The van der Waals surface area contributed by atoms with Gasteiger partial charge in [-0.2, -0.15) is 0 Å². The number of fused-ring (bicyclic) bond motifs is 7. The molecule has 3 heterocycles. The fourth-order valence-electron chi connectivity index (χ4n) is 12.0. The van der Waals surface area contributed by atoms with Gasteiger partial charge in [-0.1, -0.05) is 178 Å². The number of hydrogen-bond donors (Lipinski definition) is 0. The van der Waals surface area contributed by atoms with Gasteiger partial charge in [0.15, 0.2) is 0 Å². The standard InChI is InChI=1S/C68H76BN3S/c1-63(2,3)43-22-28-48(29-23-43)71-56-34-26-46(66(10,11)12)39-55(56)69-60-57(71)41-51(70(47-20-18-17-19-21-47)50-32-33-53-54(40-50)68(15,16)37-36-67(53,13)14)42-58(60)72(49-30-24-44(25-31-49)64(4,5)6)61-52-38-45(65(7,8)9)27-35-59(52)73-62(61)69/h17-35,38-42H,36-37H2,1-16H3. The molecule has 0 radical (unpaired) electrons. The molecule has 8 aromatic rings. The molecule has 0 N–H and O–H groups in total. The Morgan fingerprint density at radius 2 is 0.959 bits per heavy atom. The predicted molar refractivity (Wildman–Crippen MR) is 321 cm³/mol. The molecule has 372 valence electrons. The van der Waals surface area contributed by atoms with Crippen molar-refractivity contribution < 1.29 is 0 Å². The van der Waals surface area contributed by atoms with Crippen LogP contribution in [0.1, 0.15) is 157 Å². The highest BCUT2D eigenvalue weighted by molar-refractivity contribution is 7.33. The van der Waals surface area contributed by atoms with Crippen LogP contribution in [-0.2, 0) is 32.5 Å². The summed E-state index contributed by atoms with van der Waals surface area (Å²) in [5.41, 5.74) is 21.9. The maximum atomic E-state index is 2.66. The van der Waals surface area contributed by atoms with Crippen LogP contribution in [0.5, 0.6) is 0 Å². The van der Waals surface area contributed by atoms with Gasteiger partial charge >= 0.3 is 0 Å². The summed E-state index contributed by atoms with van der Waals surface area (Å²) in [5, 5.41) is 1.32. The SMILES string of the molecule is CC(C)(C)c1ccc(N2c3ccc(C(C)(C)C)cc3B3c4sc5ccc(C(C)(C)C)cc5c4N(c4ccc(C(C)(C)C)cc4)c4cc(N(c5ccccc5)c5ccc6c(c5)C(C)(C)CCC6(C)C)cc2c43)cc1. The molecule has 0 amide bonds. The maximum Gasteiger partial charge on any atom is 0.264 e. The second kappa shape index (κ2) is 16.7. The van der Waals surface area contributed by atoms with Crippen molar-refractivity contribution in [2.24, 2.45) is 0 Å². The first-order valence-electron chi connectivity index (χ1n) is 26.9. The van der Waals surface area contributed by atoms with E-state index in [0.29, 0.717) is 0 Å². The Kier molecular flexibility index (Phi) is 11.3. The zero-order valence-electron chi connectivity index (χ0n) is 46.6. The van der Waals surface area contributed by atoms with E-state index in [1.807, 2.05) is 11.3 Å².